The average Bonchev–Trinajstić information content (AvgIpc) is 2.57. The van der Waals surface area contributed by atoms with E-state index in [1.807, 2.05) is 24.3 Å². The average molecular weight is 340 g/mol. The molecule has 6 heteroatoms. The van der Waals surface area contributed by atoms with Gasteiger partial charge in [-0.05, 0) is 18.9 Å². The first-order chi connectivity index (χ1) is 10.8. The largest absolute Gasteiger partial charge is 0.371 e. The summed E-state index contributed by atoms with van der Waals surface area (Å²) in [5, 5.41) is 9.41. The van der Waals surface area contributed by atoms with Crippen LogP contribution in [-0.2, 0) is 4.74 Å². The third-order valence-electron chi connectivity index (χ3n) is 4.42. The number of halogens is 1. The van der Waals surface area contributed by atoms with Crippen LogP contribution in [-0.4, -0.2) is 31.8 Å². The summed E-state index contributed by atoms with van der Waals surface area (Å²) in [5.74, 6) is 0. The minimum absolute atomic E-state index is 0. The molecule has 0 aromatic heterocycles. The zero-order valence-electron chi connectivity index (χ0n) is 13.3. The lowest BCUT2D eigenvalue weighted by molar-refractivity contribution is 0.0281. The highest BCUT2D eigenvalue weighted by Crippen LogP contribution is 2.26. The molecular weight excluding hydrogens is 314 g/mol. The maximum absolute atomic E-state index is 12.2. The van der Waals surface area contributed by atoms with Gasteiger partial charge in [0.25, 0.3) is 0 Å². The molecule has 1 aliphatic heterocycles. The number of ether oxygens (including phenoxy) is 1. The highest BCUT2D eigenvalue weighted by molar-refractivity contribution is 5.90. The van der Waals surface area contributed by atoms with Crippen LogP contribution in [0.4, 0.5) is 10.5 Å². The van der Waals surface area contributed by atoms with Gasteiger partial charge in [-0.3, -0.25) is 0 Å². The molecule has 23 heavy (non-hydrogen) atoms. The summed E-state index contributed by atoms with van der Waals surface area (Å²) in [5.41, 5.74) is 1.87. The van der Waals surface area contributed by atoms with Crippen molar-refractivity contribution >= 4 is 24.1 Å². The third-order valence-corrected chi connectivity index (χ3v) is 4.42. The van der Waals surface area contributed by atoms with E-state index < -0.39 is 0 Å². The van der Waals surface area contributed by atoms with Crippen molar-refractivity contribution in [1.82, 2.24) is 10.6 Å². The number of hydrogen-bond donors (Lipinski definition) is 3. The molecule has 3 N–H and O–H groups in total. The molecule has 3 rings (SSSR count). The lowest BCUT2D eigenvalue weighted by Gasteiger charge is -2.26. The van der Waals surface area contributed by atoms with Gasteiger partial charge in [0.1, 0.15) is 0 Å². The van der Waals surface area contributed by atoms with E-state index in [1.165, 1.54) is 19.3 Å². The predicted molar refractivity (Wildman–Crippen MR) is 94.3 cm³/mol. The fourth-order valence-electron chi connectivity index (χ4n) is 3.25. The van der Waals surface area contributed by atoms with Gasteiger partial charge in [-0.25, -0.2) is 4.79 Å². The molecular formula is C17H26ClN3O2. The Bertz CT molecular complexity index is 500. The normalized spacial score (nSPS) is 22.0. The number of para-hydroxylation sites is 1. The van der Waals surface area contributed by atoms with Crippen LogP contribution in [0.15, 0.2) is 24.3 Å². The van der Waals surface area contributed by atoms with Gasteiger partial charge in [0.2, 0.25) is 0 Å². The van der Waals surface area contributed by atoms with Crippen LogP contribution in [0.2, 0.25) is 0 Å². The van der Waals surface area contributed by atoms with Gasteiger partial charge in [0.05, 0.1) is 12.7 Å². The van der Waals surface area contributed by atoms with Crippen LogP contribution >= 0.6 is 12.4 Å². The summed E-state index contributed by atoms with van der Waals surface area (Å²) in [6.45, 7) is 2.37. The molecule has 1 saturated carbocycles. The van der Waals surface area contributed by atoms with Crippen LogP contribution < -0.4 is 16.0 Å². The number of anilines is 1. The number of morpholine rings is 1. The number of carbonyl (C=O) groups is 1. The molecule has 2 fully saturated rings. The minimum Gasteiger partial charge on any atom is -0.371 e. The van der Waals surface area contributed by atoms with Crippen molar-refractivity contribution < 1.29 is 9.53 Å². The lowest BCUT2D eigenvalue weighted by Crippen LogP contribution is -2.39. The summed E-state index contributed by atoms with van der Waals surface area (Å²) < 4.78 is 5.80. The SMILES string of the molecule is Cl.O=C(Nc1ccccc1C1CNCCO1)NC1CCCCC1. The summed E-state index contributed by atoms with van der Waals surface area (Å²) in [7, 11) is 0. The molecule has 1 aromatic rings. The Hall–Kier alpha value is -1.30. The van der Waals surface area contributed by atoms with Gasteiger partial charge < -0.3 is 20.7 Å². The van der Waals surface area contributed by atoms with Gasteiger partial charge in [0.15, 0.2) is 0 Å². The van der Waals surface area contributed by atoms with Crippen molar-refractivity contribution in [3.8, 4) is 0 Å². The summed E-state index contributed by atoms with van der Waals surface area (Å²) >= 11 is 0. The van der Waals surface area contributed by atoms with Crippen molar-refractivity contribution in [3.05, 3.63) is 29.8 Å². The monoisotopic (exact) mass is 339 g/mol. The molecule has 0 bridgehead atoms. The second-order valence-corrected chi connectivity index (χ2v) is 6.08. The summed E-state index contributed by atoms with van der Waals surface area (Å²) in [6.07, 6.45) is 5.89. The van der Waals surface area contributed by atoms with Gasteiger partial charge in [0, 0.05) is 30.4 Å². The predicted octanol–water partition coefficient (Wildman–Crippen LogP) is 3.22. The van der Waals surface area contributed by atoms with Crippen molar-refractivity contribution in [1.29, 1.82) is 0 Å². The number of hydrogen-bond acceptors (Lipinski definition) is 3. The van der Waals surface area contributed by atoms with Crippen molar-refractivity contribution in [2.45, 2.75) is 44.2 Å². The highest BCUT2D eigenvalue weighted by atomic mass is 35.5. The quantitative estimate of drug-likeness (QED) is 0.792. The van der Waals surface area contributed by atoms with Crippen LogP contribution in [0.3, 0.4) is 0 Å². The molecule has 1 saturated heterocycles. The first kappa shape index (κ1) is 18.0. The first-order valence-corrected chi connectivity index (χ1v) is 8.32. The topological polar surface area (TPSA) is 62.4 Å². The Morgan fingerprint density at radius 1 is 1.17 bits per heavy atom. The van der Waals surface area contributed by atoms with E-state index in [0.29, 0.717) is 12.6 Å². The van der Waals surface area contributed by atoms with Crippen molar-refractivity contribution in [2.24, 2.45) is 0 Å². The second-order valence-electron chi connectivity index (χ2n) is 6.08. The zero-order valence-corrected chi connectivity index (χ0v) is 14.2. The molecule has 0 spiro atoms. The van der Waals surface area contributed by atoms with Gasteiger partial charge >= 0.3 is 6.03 Å². The standard InChI is InChI=1S/C17H25N3O2.ClH/c21-17(19-13-6-2-1-3-7-13)20-15-9-5-4-8-14(15)16-12-18-10-11-22-16;/h4-5,8-9,13,16,18H,1-3,6-7,10-12H2,(H2,19,20,21);1H. The maximum atomic E-state index is 12.2. The fraction of sp³-hybridized carbons (Fsp3) is 0.588. The molecule has 1 heterocycles. The van der Waals surface area contributed by atoms with E-state index in [9.17, 15) is 4.79 Å². The minimum atomic E-state index is -0.108. The molecule has 0 radical (unpaired) electrons. The zero-order chi connectivity index (χ0) is 15.2. The van der Waals surface area contributed by atoms with Crippen LogP contribution in [0.5, 0.6) is 0 Å². The number of nitrogens with one attached hydrogen (secondary N) is 3. The smallest absolute Gasteiger partial charge is 0.319 e. The number of rotatable bonds is 3. The van der Waals surface area contributed by atoms with Crippen LogP contribution in [0, 0.1) is 0 Å². The Morgan fingerprint density at radius 3 is 2.70 bits per heavy atom. The Kier molecular flexibility index (Phi) is 7.15. The van der Waals surface area contributed by atoms with Crippen LogP contribution in [0.25, 0.3) is 0 Å². The van der Waals surface area contributed by atoms with Gasteiger partial charge in [-0.1, -0.05) is 37.5 Å². The number of amides is 2. The third kappa shape index (κ3) is 5.09. The Morgan fingerprint density at radius 2 is 1.96 bits per heavy atom. The second kappa shape index (κ2) is 9.11. The van der Waals surface area contributed by atoms with E-state index in [0.717, 1.165) is 37.2 Å². The van der Waals surface area contributed by atoms with Crippen LogP contribution in [0.1, 0.15) is 43.8 Å². The fourth-order valence-corrected chi connectivity index (χ4v) is 3.25. The molecule has 1 unspecified atom stereocenters. The van der Waals surface area contributed by atoms with Gasteiger partial charge in [-0.2, -0.15) is 0 Å². The van der Waals surface area contributed by atoms with E-state index in [2.05, 4.69) is 16.0 Å². The van der Waals surface area contributed by atoms with E-state index >= 15 is 0 Å². The van der Waals surface area contributed by atoms with E-state index in [4.69, 9.17) is 4.74 Å². The highest BCUT2D eigenvalue weighted by Gasteiger charge is 2.20. The summed E-state index contributed by atoms with van der Waals surface area (Å²) in [4.78, 5) is 12.2. The first-order valence-electron chi connectivity index (χ1n) is 8.32. The maximum Gasteiger partial charge on any atom is 0.319 e. The number of benzene rings is 1. The molecule has 2 aliphatic rings. The van der Waals surface area contributed by atoms with E-state index in [-0.39, 0.29) is 24.5 Å². The molecule has 1 aliphatic carbocycles. The van der Waals surface area contributed by atoms with Gasteiger partial charge in [-0.15, -0.1) is 12.4 Å². The molecule has 1 atom stereocenters. The molecule has 1 aromatic carbocycles. The van der Waals surface area contributed by atoms with Crippen molar-refractivity contribution in [2.75, 3.05) is 25.0 Å². The Labute approximate surface area is 144 Å². The number of carbonyl (C=O) groups excluding carboxylic acids is 1. The molecule has 128 valence electrons. The molecule has 2 amide bonds. The number of urea groups is 1. The lowest BCUT2D eigenvalue weighted by atomic mass is 9.96. The van der Waals surface area contributed by atoms with E-state index in [1.54, 1.807) is 0 Å². The van der Waals surface area contributed by atoms with Crippen molar-refractivity contribution in [3.63, 3.8) is 0 Å². The summed E-state index contributed by atoms with van der Waals surface area (Å²) in [6, 6.07) is 8.09. The Balaban J connectivity index is 0.00000192. The molecule has 5 nitrogen and oxygen atoms in total.